The summed E-state index contributed by atoms with van der Waals surface area (Å²) in [5.74, 6) is -0.548. The van der Waals surface area contributed by atoms with Crippen LogP contribution >= 0.6 is 0 Å². The second-order valence-electron chi connectivity index (χ2n) is 3.81. The van der Waals surface area contributed by atoms with Gasteiger partial charge in [-0.05, 0) is 17.7 Å². The molecular formula is C13H12FN3O2. The van der Waals surface area contributed by atoms with Crippen LogP contribution < -0.4 is 10.1 Å². The van der Waals surface area contributed by atoms with E-state index >= 15 is 0 Å². The van der Waals surface area contributed by atoms with E-state index in [0.717, 1.165) is 5.56 Å². The summed E-state index contributed by atoms with van der Waals surface area (Å²) in [4.78, 5) is 19.5. The van der Waals surface area contributed by atoms with E-state index in [0.29, 0.717) is 5.69 Å². The van der Waals surface area contributed by atoms with Gasteiger partial charge in [-0.1, -0.05) is 12.1 Å². The molecule has 1 aromatic heterocycles. The second kappa shape index (κ2) is 5.90. The topological polar surface area (TPSA) is 64.1 Å². The molecule has 1 aromatic carbocycles. The quantitative estimate of drug-likeness (QED) is 0.911. The lowest BCUT2D eigenvalue weighted by atomic mass is 10.1. The van der Waals surface area contributed by atoms with Crippen molar-refractivity contribution in [3.63, 3.8) is 0 Å². The fourth-order valence-electron chi connectivity index (χ4n) is 1.48. The molecule has 0 aliphatic carbocycles. The summed E-state index contributed by atoms with van der Waals surface area (Å²) < 4.78 is 17.5. The van der Waals surface area contributed by atoms with Crippen LogP contribution in [0.5, 0.6) is 6.01 Å². The van der Waals surface area contributed by atoms with Crippen LogP contribution in [0.25, 0.3) is 0 Å². The summed E-state index contributed by atoms with van der Waals surface area (Å²) >= 11 is 0. The molecule has 0 aliphatic rings. The molecule has 0 unspecified atom stereocenters. The summed E-state index contributed by atoms with van der Waals surface area (Å²) in [5, 5.41) is 2.64. The zero-order chi connectivity index (χ0) is 13.7. The average Bonchev–Trinajstić information content (AvgIpc) is 2.42. The third-order valence-electron chi connectivity index (χ3n) is 2.37. The highest BCUT2D eigenvalue weighted by Gasteiger charge is 2.05. The van der Waals surface area contributed by atoms with Gasteiger partial charge >= 0.3 is 6.01 Å². The van der Waals surface area contributed by atoms with E-state index in [9.17, 15) is 9.18 Å². The lowest BCUT2D eigenvalue weighted by Crippen LogP contribution is -2.14. The van der Waals surface area contributed by atoms with Gasteiger partial charge in [-0.25, -0.2) is 14.4 Å². The molecule has 0 fully saturated rings. The number of hydrogen-bond donors (Lipinski definition) is 1. The molecule has 0 spiro atoms. The maximum absolute atomic E-state index is 12.7. The van der Waals surface area contributed by atoms with Crippen LogP contribution in [0.15, 0.2) is 36.7 Å². The van der Waals surface area contributed by atoms with Gasteiger partial charge < -0.3 is 10.1 Å². The molecule has 0 bridgehead atoms. The largest absolute Gasteiger partial charge is 0.467 e. The second-order valence-corrected chi connectivity index (χ2v) is 3.81. The third-order valence-corrected chi connectivity index (χ3v) is 2.37. The van der Waals surface area contributed by atoms with Gasteiger partial charge in [0.25, 0.3) is 0 Å². The van der Waals surface area contributed by atoms with Gasteiger partial charge in [0.05, 0.1) is 31.6 Å². The van der Waals surface area contributed by atoms with Crippen LogP contribution in [-0.4, -0.2) is 23.0 Å². The SMILES string of the molecule is COc1ncc(NC(=O)Cc2ccc(F)cc2)cn1. The Morgan fingerprint density at radius 1 is 1.26 bits per heavy atom. The van der Waals surface area contributed by atoms with Gasteiger partial charge in [-0.2, -0.15) is 0 Å². The number of ether oxygens (including phenoxy) is 1. The summed E-state index contributed by atoms with van der Waals surface area (Å²) in [6.45, 7) is 0. The Kier molecular flexibility index (Phi) is 4.02. The highest BCUT2D eigenvalue weighted by molar-refractivity contribution is 5.91. The molecule has 1 amide bonds. The minimum Gasteiger partial charge on any atom is -0.467 e. The maximum atomic E-state index is 12.7. The molecule has 2 rings (SSSR count). The van der Waals surface area contributed by atoms with Crippen LogP contribution in [0, 0.1) is 5.82 Å². The molecular weight excluding hydrogens is 249 g/mol. The lowest BCUT2D eigenvalue weighted by molar-refractivity contribution is -0.115. The van der Waals surface area contributed by atoms with Crippen molar-refractivity contribution >= 4 is 11.6 Å². The number of aromatic nitrogens is 2. The molecule has 5 nitrogen and oxygen atoms in total. The van der Waals surface area contributed by atoms with Gasteiger partial charge in [-0.3, -0.25) is 4.79 Å². The summed E-state index contributed by atoms with van der Waals surface area (Å²) in [6, 6.07) is 6.01. The van der Waals surface area contributed by atoms with Gasteiger partial charge in [0.15, 0.2) is 0 Å². The third kappa shape index (κ3) is 3.74. The van der Waals surface area contributed by atoms with Gasteiger partial charge in [-0.15, -0.1) is 0 Å². The van der Waals surface area contributed by atoms with E-state index in [1.807, 2.05) is 0 Å². The Balaban J connectivity index is 1.95. The van der Waals surface area contributed by atoms with Gasteiger partial charge in [0.1, 0.15) is 5.82 Å². The molecule has 0 radical (unpaired) electrons. The number of carbonyl (C=O) groups excluding carboxylic acids is 1. The Bertz CT molecular complexity index is 555. The number of methoxy groups -OCH3 is 1. The average molecular weight is 261 g/mol. The molecule has 0 atom stereocenters. The normalized spacial score (nSPS) is 10.0. The Labute approximate surface area is 109 Å². The van der Waals surface area contributed by atoms with Crippen LogP contribution in [0.1, 0.15) is 5.56 Å². The minimum atomic E-state index is -0.326. The number of amides is 1. The van der Waals surface area contributed by atoms with Crippen LogP contribution in [0.3, 0.4) is 0 Å². The van der Waals surface area contributed by atoms with Crippen molar-refractivity contribution in [3.05, 3.63) is 48.0 Å². The first-order chi connectivity index (χ1) is 9.17. The molecule has 1 heterocycles. The first kappa shape index (κ1) is 12.9. The molecule has 2 aromatic rings. The molecule has 19 heavy (non-hydrogen) atoms. The number of carbonyl (C=O) groups is 1. The number of hydrogen-bond acceptors (Lipinski definition) is 4. The Hall–Kier alpha value is -2.50. The van der Waals surface area contributed by atoms with Gasteiger partial charge in [0, 0.05) is 0 Å². The van der Waals surface area contributed by atoms with Crippen molar-refractivity contribution in [2.75, 3.05) is 12.4 Å². The standard InChI is InChI=1S/C13H12FN3O2/c1-19-13-15-7-11(8-16-13)17-12(18)6-9-2-4-10(14)5-3-9/h2-5,7-8H,6H2,1H3,(H,17,18). The number of anilines is 1. The fraction of sp³-hybridized carbons (Fsp3) is 0.154. The van der Waals surface area contributed by atoms with Crippen molar-refractivity contribution in [2.45, 2.75) is 6.42 Å². The Morgan fingerprint density at radius 2 is 1.89 bits per heavy atom. The Morgan fingerprint density at radius 3 is 2.47 bits per heavy atom. The van der Waals surface area contributed by atoms with Crippen molar-refractivity contribution in [2.24, 2.45) is 0 Å². The zero-order valence-corrected chi connectivity index (χ0v) is 10.3. The lowest BCUT2D eigenvalue weighted by Gasteiger charge is -2.05. The predicted molar refractivity (Wildman–Crippen MR) is 67.3 cm³/mol. The number of rotatable bonds is 4. The molecule has 0 aliphatic heterocycles. The smallest absolute Gasteiger partial charge is 0.316 e. The number of halogens is 1. The highest BCUT2D eigenvalue weighted by atomic mass is 19.1. The predicted octanol–water partition coefficient (Wildman–Crippen LogP) is 1.81. The van der Waals surface area contributed by atoms with E-state index in [1.54, 1.807) is 12.1 Å². The molecule has 0 saturated carbocycles. The first-order valence-corrected chi connectivity index (χ1v) is 5.57. The summed E-state index contributed by atoms with van der Waals surface area (Å²) in [6.07, 6.45) is 3.06. The minimum absolute atomic E-state index is 0.159. The molecule has 0 saturated heterocycles. The van der Waals surface area contributed by atoms with Crippen molar-refractivity contribution in [1.29, 1.82) is 0 Å². The van der Waals surface area contributed by atoms with E-state index in [2.05, 4.69) is 15.3 Å². The number of benzene rings is 1. The van der Waals surface area contributed by atoms with Crippen LogP contribution in [0.4, 0.5) is 10.1 Å². The van der Waals surface area contributed by atoms with Crippen molar-refractivity contribution < 1.29 is 13.9 Å². The van der Waals surface area contributed by atoms with E-state index in [4.69, 9.17) is 4.74 Å². The fourth-order valence-corrected chi connectivity index (χ4v) is 1.48. The summed E-state index contributed by atoms with van der Waals surface area (Å²) in [5.41, 5.74) is 1.21. The van der Waals surface area contributed by atoms with Crippen LogP contribution in [-0.2, 0) is 11.2 Å². The molecule has 6 heteroatoms. The van der Waals surface area contributed by atoms with Crippen molar-refractivity contribution in [1.82, 2.24) is 9.97 Å². The molecule has 98 valence electrons. The first-order valence-electron chi connectivity index (χ1n) is 5.57. The number of nitrogens with zero attached hydrogens (tertiary/aromatic N) is 2. The maximum Gasteiger partial charge on any atom is 0.316 e. The van der Waals surface area contributed by atoms with Crippen LogP contribution in [0.2, 0.25) is 0 Å². The zero-order valence-electron chi connectivity index (χ0n) is 10.3. The van der Waals surface area contributed by atoms with Crippen molar-refractivity contribution in [3.8, 4) is 6.01 Å². The monoisotopic (exact) mass is 261 g/mol. The van der Waals surface area contributed by atoms with Gasteiger partial charge in [0.2, 0.25) is 5.91 Å². The number of nitrogens with one attached hydrogen (secondary N) is 1. The summed E-state index contributed by atoms with van der Waals surface area (Å²) in [7, 11) is 1.46. The van der Waals surface area contributed by atoms with E-state index in [-0.39, 0.29) is 24.2 Å². The molecule has 1 N–H and O–H groups in total. The highest BCUT2D eigenvalue weighted by Crippen LogP contribution is 2.08. The van der Waals surface area contributed by atoms with E-state index < -0.39 is 0 Å². The van der Waals surface area contributed by atoms with E-state index in [1.165, 1.54) is 31.6 Å².